The molecule has 0 spiro atoms. The maximum absolute atomic E-state index is 11.7. The highest BCUT2D eigenvalue weighted by molar-refractivity contribution is 5.85. The fourth-order valence-electron chi connectivity index (χ4n) is 1.79. The molecule has 1 rings (SSSR count). The molecular weight excluding hydrogens is 254 g/mol. The average Bonchev–Trinajstić information content (AvgIpc) is 2.34. The predicted octanol–water partition coefficient (Wildman–Crippen LogP) is 0.245. The summed E-state index contributed by atoms with van der Waals surface area (Å²) in [6.07, 6.45) is 3.27. The van der Waals surface area contributed by atoms with E-state index in [0.29, 0.717) is 19.8 Å². The van der Waals surface area contributed by atoms with Crippen molar-refractivity contribution in [1.29, 1.82) is 0 Å². The third kappa shape index (κ3) is 7.87. The van der Waals surface area contributed by atoms with E-state index in [1.54, 1.807) is 0 Å². The monoisotopic (exact) mass is 279 g/mol. The number of carbonyl (C=O) groups excluding carboxylic acids is 1. The van der Waals surface area contributed by atoms with E-state index in [2.05, 4.69) is 15.5 Å². The van der Waals surface area contributed by atoms with Crippen LogP contribution in [0.5, 0.6) is 0 Å². The molecule has 2 N–H and O–H groups in total. The molecule has 1 atom stereocenters. The van der Waals surface area contributed by atoms with Gasteiger partial charge in [-0.15, -0.1) is 12.4 Å². The van der Waals surface area contributed by atoms with Crippen LogP contribution in [0.15, 0.2) is 0 Å². The van der Waals surface area contributed by atoms with E-state index in [9.17, 15) is 4.79 Å². The van der Waals surface area contributed by atoms with E-state index >= 15 is 0 Å². The summed E-state index contributed by atoms with van der Waals surface area (Å²) in [6.45, 7) is 3.77. The molecule has 0 aromatic carbocycles. The lowest BCUT2D eigenvalue weighted by Gasteiger charge is -2.22. The molecule has 1 aliphatic rings. The minimum atomic E-state index is 0. The lowest BCUT2D eigenvalue weighted by atomic mass is 10.0. The number of halogens is 1. The van der Waals surface area contributed by atoms with Gasteiger partial charge in [0.25, 0.3) is 0 Å². The third-order valence-corrected chi connectivity index (χ3v) is 2.86. The van der Waals surface area contributed by atoms with Crippen LogP contribution in [0.1, 0.15) is 19.3 Å². The zero-order valence-electron chi connectivity index (χ0n) is 11.4. The van der Waals surface area contributed by atoms with Gasteiger partial charge < -0.3 is 20.3 Å². The Hall–Kier alpha value is -0.360. The second-order valence-corrected chi connectivity index (χ2v) is 4.71. The first-order valence-electron chi connectivity index (χ1n) is 6.43. The molecule has 108 valence electrons. The van der Waals surface area contributed by atoms with Gasteiger partial charge in [0.1, 0.15) is 0 Å². The van der Waals surface area contributed by atoms with E-state index in [1.807, 2.05) is 14.1 Å². The Bertz CT molecular complexity index is 221. The van der Waals surface area contributed by atoms with E-state index in [4.69, 9.17) is 4.74 Å². The van der Waals surface area contributed by atoms with Gasteiger partial charge in [0.15, 0.2) is 0 Å². The van der Waals surface area contributed by atoms with Crippen LogP contribution in [-0.4, -0.2) is 63.8 Å². The van der Waals surface area contributed by atoms with Gasteiger partial charge in [-0.05, 0) is 33.5 Å². The Morgan fingerprint density at radius 1 is 1.39 bits per heavy atom. The first-order chi connectivity index (χ1) is 8.20. The van der Waals surface area contributed by atoms with Crippen LogP contribution in [0, 0.1) is 0 Å². The van der Waals surface area contributed by atoms with Crippen molar-refractivity contribution in [2.45, 2.75) is 25.3 Å². The molecule has 0 aliphatic carbocycles. The standard InChI is InChI=1S/C12H25N3O2.ClH/c1-15(2)8-10-17-9-7-14-12(16)11-5-3-4-6-13-11;/h11,13H,3-10H2,1-2H3,(H,14,16);1H/t11-;/m1./s1. The van der Waals surface area contributed by atoms with Crippen LogP contribution in [0.4, 0.5) is 0 Å². The van der Waals surface area contributed by atoms with Crippen molar-refractivity contribution in [3.8, 4) is 0 Å². The number of rotatable bonds is 7. The zero-order chi connectivity index (χ0) is 12.5. The lowest BCUT2D eigenvalue weighted by molar-refractivity contribution is -0.123. The molecule has 0 unspecified atom stereocenters. The first kappa shape index (κ1) is 17.6. The Labute approximate surface area is 116 Å². The van der Waals surface area contributed by atoms with Crippen LogP contribution in [-0.2, 0) is 9.53 Å². The average molecular weight is 280 g/mol. The molecule has 6 heteroatoms. The van der Waals surface area contributed by atoms with Gasteiger partial charge in [-0.25, -0.2) is 0 Å². The van der Waals surface area contributed by atoms with Gasteiger partial charge >= 0.3 is 0 Å². The van der Waals surface area contributed by atoms with Gasteiger partial charge in [-0.2, -0.15) is 0 Å². The van der Waals surface area contributed by atoms with Crippen molar-refractivity contribution < 1.29 is 9.53 Å². The van der Waals surface area contributed by atoms with E-state index in [-0.39, 0.29) is 24.4 Å². The summed E-state index contributed by atoms with van der Waals surface area (Å²) in [6, 6.07) is 0.00512. The molecule has 1 saturated heterocycles. The quantitative estimate of drug-likeness (QED) is 0.656. The van der Waals surface area contributed by atoms with E-state index in [1.165, 1.54) is 6.42 Å². The fraction of sp³-hybridized carbons (Fsp3) is 0.917. The summed E-state index contributed by atoms with van der Waals surface area (Å²) in [7, 11) is 4.03. The van der Waals surface area contributed by atoms with E-state index < -0.39 is 0 Å². The molecule has 1 aliphatic heterocycles. The van der Waals surface area contributed by atoms with Gasteiger partial charge in [-0.1, -0.05) is 6.42 Å². The Balaban J connectivity index is 0.00000289. The predicted molar refractivity (Wildman–Crippen MR) is 75.3 cm³/mol. The van der Waals surface area contributed by atoms with Gasteiger partial charge in [0.05, 0.1) is 19.3 Å². The fourth-order valence-corrected chi connectivity index (χ4v) is 1.79. The van der Waals surface area contributed by atoms with Crippen LogP contribution < -0.4 is 10.6 Å². The summed E-state index contributed by atoms with van der Waals surface area (Å²) in [5.74, 6) is 0.112. The molecule has 0 radical (unpaired) electrons. The van der Waals surface area contributed by atoms with E-state index in [0.717, 1.165) is 25.9 Å². The van der Waals surface area contributed by atoms with Gasteiger partial charge in [-0.3, -0.25) is 4.79 Å². The normalized spacial score (nSPS) is 19.4. The van der Waals surface area contributed by atoms with Crippen molar-refractivity contribution in [2.24, 2.45) is 0 Å². The summed E-state index contributed by atoms with van der Waals surface area (Å²) in [4.78, 5) is 13.8. The molecule has 0 saturated carbocycles. The number of nitrogens with zero attached hydrogens (tertiary/aromatic N) is 1. The maximum Gasteiger partial charge on any atom is 0.237 e. The highest BCUT2D eigenvalue weighted by Crippen LogP contribution is 2.06. The number of hydrogen-bond acceptors (Lipinski definition) is 4. The Morgan fingerprint density at radius 3 is 2.78 bits per heavy atom. The third-order valence-electron chi connectivity index (χ3n) is 2.86. The van der Waals surface area contributed by atoms with Gasteiger partial charge in [0, 0.05) is 13.1 Å². The van der Waals surface area contributed by atoms with Crippen molar-refractivity contribution in [2.75, 3.05) is 46.9 Å². The van der Waals surface area contributed by atoms with Crippen LogP contribution in [0.2, 0.25) is 0 Å². The summed E-state index contributed by atoms with van der Waals surface area (Å²) in [5.41, 5.74) is 0. The number of likely N-dealkylation sites (N-methyl/N-ethyl adjacent to an activating group) is 1. The summed E-state index contributed by atoms with van der Waals surface area (Å²) in [5, 5.41) is 6.13. The molecule has 0 aromatic heterocycles. The lowest BCUT2D eigenvalue weighted by Crippen LogP contribution is -2.47. The number of amides is 1. The first-order valence-corrected chi connectivity index (χ1v) is 6.43. The molecular formula is C12H26ClN3O2. The molecule has 1 heterocycles. The van der Waals surface area contributed by atoms with Crippen LogP contribution >= 0.6 is 12.4 Å². The Kier molecular flexibility index (Phi) is 10.3. The Morgan fingerprint density at radius 2 is 2.17 bits per heavy atom. The SMILES string of the molecule is CN(C)CCOCCNC(=O)[C@H]1CCCCN1.Cl. The highest BCUT2D eigenvalue weighted by Gasteiger charge is 2.19. The minimum absolute atomic E-state index is 0. The topological polar surface area (TPSA) is 53.6 Å². The molecule has 18 heavy (non-hydrogen) atoms. The number of carbonyl (C=O) groups is 1. The van der Waals surface area contributed by atoms with Crippen molar-refractivity contribution in [3.05, 3.63) is 0 Å². The number of piperidine rings is 1. The van der Waals surface area contributed by atoms with Crippen molar-refractivity contribution in [1.82, 2.24) is 15.5 Å². The smallest absolute Gasteiger partial charge is 0.237 e. The molecule has 0 aromatic rings. The van der Waals surface area contributed by atoms with Gasteiger partial charge in [0.2, 0.25) is 5.91 Å². The maximum atomic E-state index is 11.7. The summed E-state index contributed by atoms with van der Waals surface area (Å²) < 4.78 is 5.41. The zero-order valence-corrected chi connectivity index (χ0v) is 12.2. The van der Waals surface area contributed by atoms with Crippen molar-refractivity contribution in [3.63, 3.8) is 0 Å². The van der Waals surface area contributed by atoms with Crippen LogP contribution in [0.25, 0.3) is 0 Å². The second-order valence-electron chi connectivity index (χ2n) is 4.71. The molecule has 0 bridgehead atoms. The number of hydrogen-bond donors (Lipinski definition) is 2. The molecule has 1 amide bonds. The second kappa shape index (κ2) is 10.6. The largest absolute Gasteiger partial charge is 0.378 e. The molecule has 5 nitrogen and oxygen atoms in total. The summed E-state index contributed by atoms with van der Waals surface area (Å²) >= 11 is 0. The molecule has 1 fully saturated rings. The number of nitrogens with one attached hydrogen (secondary N) is 2. The minimum Gasteiger partial charge on any atom is -0.378 e. The van der Waals surface area contributed by atoms with Crippen molar-refractivity contribution >= 4 is 18.3 Å². The van der Waals surface area contributed by atoms with Crippen LogP contribution in [0.3, 0.4) is 0 Å². The highest BCUT2D eigenvalue weighted by atomic mass is 35.5. The number of ether oxygens (including phenoxy) is 1.